The molecule has 1 saturated carbocycles. The van der Waals surface area contributed by atoms with Crippen LogP contribution >= 0.6 is 23.4 Å². The first-order valence-electron chi connectivity index (χ1n) is 10.1. The summed E-state index contributed by atoms with van der Waals surface area (Å²) >= 11 is 7.58. The van der Waals surface area contributed by atoms with Gasteiger partial charge in [-0.15, -0.1) is 0 Å². The SMILES string of the molecule is Cn1ccc(-c2ccc([C@H]3C[C@@H]3C(=O)NC(C)(C)C)cc2)c1Sc1ccc(Cl)cn1. The minimum Gasteiger partial charge on any atom is -0.351 e. The minimum atomic E-state index is -0.186. The van der Waals surface area contributed by atoms with E-state index in [2.05, 4.69) is 51.4 Å². The normalized spacial score (nSPS) is 18.3. The molecule has 3 aromatic rings. The Morgan fingerprint density at radius 2 is 1.90 bits per heavy atom. The molecule has 30 heavy (non-hydrogen) atoms. The highest BCUT2D eigenvalue weighted by molar-refractivity contribution is 7.99. The summed E-state index contributed by atoms with van der Waals surface area (Å²) in [5.74, 6) is 0.576. The van der Waals surface area contributed by atoms with E-state index in [1.807, 2.05) is 40.0 Å². The second-order valence-corrected chi connectivity index (χ2v) is 10.3. The van der Waals surface area contributed by atoms with Crippen LogP contribution in [0.4, 0.5) is 0 Å². The summed E-state index contributed by atoms with van der Waals surface area (Å²) in [7, 11) is 2.04. The van der Waals surface area contributed by atoms with Crippen LogP contribution in [0.5, 0.6) is 0 Å². The fourth-order valence-corrected chi connectivity index (χ4v) is 4.66. The van der Waals surface area contributed by atoms with Gasteiger partial charge in [-0.25, -0.2) is 4.98 Å². The summed E-state index contributed by atoms with van der Waals surface area (Å²) in [6.45, 7) is 6.06. The van der Waals surface area contributed by atoms with E-state index in [0.29, 0.717) is 10.9 Å². The molecule has 0 bridgehead atoms. The summed E-state index contributed by atoms with van der Waals surface area (Å²) in [6.07, 6.45) is 4.66. The number of aromatic nitrogens is 2. The third-order valence-corrected chi connectivity index (χ3v) is 6.57. The number of pyridine rings is 1. The molecule has 1 aliphatic rings. The predicted molar refractivity (Wildman–Crippen MR) is 123 cm³/mol. The fourth-order valence-electron chi connectivity index (χ4n) is 3.61. The summed E-state index contributed by atoms with van der Waals surface area (Å²) in [4.78, 5) is 16.8. The van der Waals surface area contributed by atoms with Crippen LogP contribution < -0.4 is 5.32 Å². The van der Waals surface area contributed by atoms with E-state index < -0.39 is 0 Å². The highest BCUT2D eigenvalue weighted by Crippen LogP contribution is 2.48. The Labute approximate surface area is 187 Å². The lowest BCUT2D eigenvalue weighted by molar-refractivity contribution is -0.123. The van der Waals surface area contributed by atoms with Crippen LogP contribution in [0.3, 0.4) is 0 Å². The van der Waals surface area contributed by atoms with E-state index in [1.54, 1.807) is 18.0 Å². The highest BCUT2D eigenvalue weighted by Gasteiger charge is 2.44. The van der Waals surface area contributed by atoms with Crippen molar-refractivity contribution in [1.29, 1.82) is 0 Å². The van der Waals surface area contributed by atoms with Crippen LogP contribution in [-0.2, 0) is 11.8 Å². The molecule has 0 aliphatic heterocycles. The molecule has 1 N–H and O–H groups in total. The third kappa shape index (κ3) is 4.73. The lowest BCUT2D eigenvalue weighted by Crippen LogP contribution is -2.41. The van der Waals surface area contributed by atoms with Crippen molar-refractivity contribution in [2.45, 2.75) is 48.7 Å². The molecule has 1 fully saturated rings. The van der Waals surface area contributed by atoms with Gasteiger partial charge in [0.1, 0.15) is 5.03 Å². The summed E-state index contributed by atoms with van der Waals surface area (Å²) in [5, 5.41) is 5.77. The number of nitrogens with zero attached hydrogens (tertiary/aromatic N) is 2. The van der Waals surface area contributed by atoms with Crippen molar-refractivity contribution < 1.29 is 4.79 Å². The average molecular weight is 440 g/mol. The molecule has 0 radical (unpaired) electrons. The van der Waals surface area contributed by atoms with E-state index in [-0.39, 0.29) is 17.4 Å². The van der Waals surface area contributed by atoms with Crippen molar-refractivity contribution in [3.63, 3.8) is 0 Å². The molecule has 2 atom stereocenters. The zero-order chi connectivity index (χ0) is 21.5. The number of rotatable bonds is 5. The summed E-state index contributed by atoms with van der Waals surface area (Å²) < 4.78 is 2.11. The number of carbonyl (C=O) groups excluding carboxylic acids is 1. The summed E-state index contributed by atoms with van der Waals surface area (Å²) in [6, 6.07) is 14.5. The lowest BCUT2D eigenvalue weighted by Gasteiger charge is -2.20. The maximum atomic E-state index is 12.4. The Morgan fingerprint density at radius 1 is 1.17 bits per heavy atom. The topological polar surface area (TPSA) is 46.9 Å². The van der Waals surface area contributed by atoms with Crippen molar-refractivity contribution in [3.8, 4) is 11.1 Å². The van der Waals surface area contributed by atoms with Gasteiger partial charge < -0.3 is 9.88 Å². The number of benzene rings is 1. The number of hydrogen-bond donors (Lipinski definition) is 1. The number of halogens is 1. The second-order valence-electron chi connectivity index (χ2n) is 8.87. The van der Waals surface area contributed by atoms with Crippen molar-refractivity contribution in [1.82, 2.24) is 14.9 Å². The largest absolute Gasteiger partial charge is 0.351 e. The van der Waals surface area contributed by atoms with E-state index in [4.69, 9.17) is 11.6 Å². The molecular formula is C24H26ClN3OS. The van der Waals surface area contributed by atoms with Gasteiger partial charge in [-0.2, -0.15) is 0 Å². The van der Waals surface area contributed by atoms with Crippen LogP contribution in [0.15, 0.2) is 64.9 Å². The first-order valence-corrected chi connectivity index (χ1v) is 11.3. The fraction of sp³-hybridized carbons (Fsp3) is 0.333. The van der Waals surface area contributed by atoms with Gasteiger partial charge in [-0.3, -0.25) is 4.79 Å². The predicted octanol–water partition coefficient (Wildman–Crippen LogP) is 5.91. The quantitative estimate of drug-likeness (QED) is 0.537. The highest BCUT2D eigenvalue weighted by atomic mass is 35.5. The number of amides is 1. The molecule has 6 heteroatoms. The smallest absolute Gasteiger partial charge is 0.224 e. The average Bonchev–Trinajstić information content (AvgIpc) is 3.41. The molecule has 0 saturated heterocycles. The van der Waals surface area contributed by atoms with Crippen molar-refractivity contribution in [2.24, 2.45) is 13.0 Å². The standard InChI is InChI=1S/C24H26ClN3OS/c1-24(2,3)27-22(29)20-13-19(20)16-7-5-15(6-8-16)18-11-12-28(4)23(18)30-21-10-9-17(25)14-26-21/h5-12,14,19-20H,13H2,1-4H3,(H,27,29)/t19-,20+/m1/s1. The van der Waals surface area contributed by atoms with E-state index in [0.717, 1.165) is 22.0 Å². The zero-order valence-electron chi connectivity index (χ0n) is 17.6. The van der Waals surface area contributed by atoms with Crippen molar-refractivity contribution in [2.75, 3.05) is 0 Å². The van der Waals surface area contributed by atoms with Crippen LogP contribution in [0.2, 0.25) is 5.02 Å². The Bertz CT molecular complexity index is 1050. The van der Waals surface area contributed by atoms with E-state index in [9.17, 15) is 4.79 Å². The second kappa shape index (κ2) is 8.12. The van der Waals surface area contributed by atoms with Gasteiger partial charge in [0.05, 0.1) is 10.0 Å². The molecule has 1 aromatic carbocycles. The molecule has 2 aromatic heterocycles. The monoisotopic (exact) mass is 439 g/mol. The zero-order valence-corrected chi connectivity index (χ0v) is 19.2. The van der Waals surface area contributed by atoms with Crippen LogP contribution in [0.1, 0.15) is 38.7 Å². The molecule has 4 nitrogen and oxygen atoms in total. The van der Waals surface area contributed by atoms with Gasteiger partial charge in [0.15, 0.2) is 0 Å². The first-order chi connectivity index (χ1) is 14.2. The molecule has 2 heterocycles. The van der Waals surface area contributed by atoms with Crippen molar-refractivity contribution >= 4 is 29.3 Å². The number of carbonyl (C=O) groups is 1. The molecular weight excluding hydrogens is 414 g/mol. The summed E-state index contributed by atoms with van der Waals surface area (Å²) in [5.41, 5.74) is 3.38. The molecule has 4 rings (SSSR count). The van der Waals surface area contributed by atoms with Crippen molar-refractivity contribution in [3.05, 3.63) is 65.4 Å². The Hall–Kier alpha value is -2.24. The van der Waals surface area contributed by atoms with Gasteiger partial charge in [0, 0.05) is 36.5 Å². The number of aryl methyl sites for hydroxylation is 1. The van der Waals surface area contributed by atoms with E-state index in [1.165, 1.54) is 11.1 Å². The molecule has 0 unspecified atom stereocenters. The molecule has 1 amide bonds. The molecule has 1 aliphatic carbocycles. The lowest BCUT2D eigenvalue weighted by atomic mass is 10.0. The molecule has 156 valence electrons. The Balaban J connectivity index is 1.49. The van der Waals surface area contributed by atoms with E-state index >= 15 is 0 Å². The number of hydrogen-bond acceptors (Lipinski definition) is 3. The van der Waals surface area contributed by atoms with Gasteiger partial charge >= 0.3 is 0 Å². The Kier molecular flexibility index (Phi) is 5.69. The maximum absolute atomic E-state index is 12.4. The van der Waals surface area contributed by atoms with Gasteiger partial charge in [-0.1, -0.05) is 47.6 Å². The Morgan fingerprint density at radius 3 is 2.53 bits per heavy atom. The van der Waals surface area contributed by atoms with Crippen LogP contribution in [0, 0.1) is 5.92 Å². The maximum Gasteiger partial charge on any atom is 0.224 e. The van der Waals surface area contributed by atoms with Gasteiger partial charge in [0.25, 0.3) is 0 Å². The third-order valence-electron chi connectivity index (χ3n) is 5.19. The minimum absolute atomic E-state index is 0.0916. The van der Waals surface area contributed by atoms with Crippen LogP contribution in [0.25, 0.3) is 11.1 Å². The van der Waals surface area contributed by atoms with Gasteiger partial charge in [0.2, 0.25) is 5.91 Å². The molecule has 0 spiro atoms. The van der Waals surface area contributed by atoms with Crippen LogP contribution in [-0.4, -0.2) is 21.0 Å². The van der Waals surface area contributed by atoms with Gasteiger partial charge in [-0.05, 0) is 62.4 Å². The number of nitrogens with one attached hydrogen (secondary N) is 1. The first kappa shape index (κ1) is 21.0.